The Morgan fingerprint density at radius 2 is 1.67 bits per heavy atom. The summed E-state index contributed by atoms with van der Waals surface area (Å²) in [5, 5.41) is 11.6. The highest BCUT2D eigenvalue weighted by Crippen LogP contribution is 2.38. The summed E-state index contributed by atoms with van der Waals surface area (Å²) in [5.41, 5.74) is 8.48. The SMILES string of the molecule is CC.CSc1cc(-c2cc(C)n(C)n2)ccc1Nc1cc(Nc2cnc(C)c(C)n2)nc2c1nc(C)n2PI. The molecular formula is C27H33IN9PS. The lowest BCUT2D eigenvalue weighted by Crippen LogP contribution is -2.02. The summed E-state index contributed by atoms with van der Waals surface area (Å²) in [6.45, 7) is 12.0. The van der Waals surface area contributed by atoms with Crippen LogP contribution in [0.25, 0.3) is 22.4 Å². The minimum atomic E-state index is 0.478. The van der Waals surface area contributed by atoms with E-state index in [1.807, 2.05) is 52.4 Å². The second kappa shape index (κ2) is 12.6. The number of hydrogen-bond acceptors (Lipinski definition) is 8. The molecule has 5 rings (SSSR count). The molecule has 0 amide bonds. The first-order valence-electron chi connectivity index (χ1n) is 12.6. The Morgan fingerprint density at radius 3 is 2.31 bits per heavy atom. The van der Waals surface area contributed by atoms with Crippen molar-refractivity contribution < 1.29 is 0 Å². The van der Waals surface area contributed by atoms with Crippen LogP contribution in [0.2, 0.25) is 0 Å². The molecule has 2 N–H and O–H groups in total. The summed E-state index contributed by atoms with van der Waals surface area (Å²) in [7, 11) is 1.96. The first-order chi connectivity index (χ1) is 18.8. The van der Waals surface area contributed by atoms with E-state index in [4.69, 9.17) is 9.97 Å². The zero-order valence-electron chi connectivity index (χ0n) is 23.4. The number of aromatic nitrogens is 7. The van der Waals surface area contributed by atoms with Crippen LogP contribution in [0.15, 0.2) is 41.4 Å². The Hall–Kier alpha value is -2.76. The lowest BCUT2D eigenvalue weighted by atomic mass is 10.1. The van der Waals surface area contributed by atoms with Crippen molar-refractivity contribution in [3.63, 3.8) is 0 Å². The van der Waals surface area contributed by atoms with Crippen molar-refractivity contribution in [2.24, 2.45) is 7.05 Å². The summed E-state index contributed by atoms with van der Waals surface area (Å²) in [5.74, 6) is 2.25. The monoisotopic (exact) mass is 673 g/mol. The standard InChI is InChI=1S/C25H27IN9PS.C2H6/c1-13-9-19(33-34(13)5)17-7-8-18(21(10-17)37-6)30-20-11-22(31-23-12-27-14(2)15(3)28-23)32-25-24(20)29-16(4)35(25)36-26;1-2/h7-12,36H,1-6H3,(H2,28,30,31,32);1-2H3. The van der Waals surface area contributed by atoms with Crippen LogP contribution in [-0.4, -0.2) is 40.3 Å². The maximum absolute atomic E-state index is 4.89. The number of hydrogen-bond donors (Lipinski definition) is 2. The van der Waals surface area contributed by atoms with Crippen molar-refractivity contribution in [1.29, 1.82) is 0 Å². The Bertz CT molecular complexity index is 1610. The number of pyridine rings is 1. The van der Waals surface area contributed by atoms with Gasteiger partial charge in [-0.15, -0.1) is 11.8 Å². The molecule has 204 valence electrons. The predicted octanol–water partition coefficient (Wildman–Crippen LogP) is 7.88. The van der Waals surface area contributed by atoms with Gasteiger partial charge >= 0.3 is 0 Å². The largest absolute Gasteiger partial charge is 0.353 e. The summed E-state index contributed by atoms with van der Waals surface area (Å²) < 4.78 is 4.02. The molecule has 1 unspecified atom stereocenters. The number of anilines is 4. The second-order valence-corrected chi connectivity index (χ2v) is 11.6. The van der Waals surface area contributed by atoms with Gasteiger partial charge in [-0.2, -0.15) is 5.10 Å². The molecule has 4 heterocycles. The van der Waals surface area contributed by atoms with Gasteiger partial charge in [0.25, 0.3) is 0 Å². The van der Waals surface area contributed by atoms with Gasteiger partial charge in [-0.3, -0.25) is 14.0 Å². The van der Waals surface area contributed by atoms with E-state index in [-0.39, 0.29) is 0 Å². The summed E-state index contributed by atoms with van der Waals surface area (Å²) >= 11 is 4.05. The van der Waals surface area contributed by atoms with E-state index >= 15 is 0 Å². The average Bonchev–Trinajstić information content (AvgIpc) is 3.44. The van der Waals surface area contributed by atoms with Gasteiger partial charge in [-0.05, 0) is 74.2 Å². The van der Waals surface area contributed by atoms with Gasteiger partial charge in [0.05, 0.1) is 41.0 Å². The zero-order chi connectivity index (χ0) is 28.3. The van der Waals surface area contributed by atoms with Crippen LogP contribution in [0.4, 0.5) is 23.0 Å². The van der Waals surface area contributed by atoms with Gasteiger partial charge in [0, 0.05) is 29.3 Å². The fraction of sp³-hybridized carbons (Fsp3) is 0.296. The van der Waals surface area contributed by atoms with Gasteiger partial charge in [0.1, 0.15) is 23.0 Å². The third-order valence-electron chi connectivity index (χ3n) is 6.20. The van der Waals surface area contributed by atoms with Gasteiger partial charge in [0.15, 0.2) is 5.65 Å². The van der Waals surface area contributed by atoms with Crippen molar-refractivity contribution in [1.82, 2.24) is 34.1 Å². The van der Waals surface area contributed by atoms with Crippen LogP contribution in [0, 0.1) is 27.7 Å². The molecular weight excluding hydrogens is 640 g/mol. The number of nitrogens with zero attached hydrogens (tertiary/aromatic N) is 7. The molecule has 0 aliphatic carbocycles. The van der Waals surface area contributed by atoms with Gasteiger partial charge in [-0.1, -0.05) is 19.9 Å². The molecule has 0 spiro atoms. The number of fused-ring (bicyclic) bond motifs is 1. The number of halogens is 1. The molecule has 0 bridgehead atoms. The highest BCUT2D eigenvalue weighted by molar-refractivity contribution is 14.2. The maximum Gasteiger partial charge on any atom is 0.168 e. The topological polar surface area (TPSA) is 98.4 Å². The summed E-state index contributed by atoms with van der Waals surface area (Å²) in [4.78, 5) is 19.9. The molecule has 4 aromatic heterocycles. The quantitative estimate of drug-likeness (QED) is 0.102. The lowest BCUT2D eigenvalue weighted by Gasteiger charge is -2.14. The number of thioether (sulfide) groups is 1. The molecule has 9 nitrogen and oxygen atoms in total. The molecule has 5 aromatic rings. The van der Waals surface area contributed by atoms with Gasteiger partial charge in [-0.25, -0.2) is 15.0 Å². The maximum atomic E-state index is 4.89. The number of aryl methyl sites for hydroxylation is 5. The molecule has 1 aromatic carbocycles. The van der Waals surface area contributed by atoms with E-state index < -0.39 is 0 Å². The molecule has 0 saturated carbocycles. The van der Waals surface area contributed by atoms with E-state index in [0.29, 0.717) is 18.0 Å². The Labute approximate surface area is 248 Å². The fourth-order valence-corrected chi connectivity index (χ4v) is 6.68. The third-order valence-corrected chi connectivity index (χ3v) is 9.13. The van der Waals surface area contributed by atoms with E-state index in [1.165, 1.54) is 0 Å². The van der Waals surface area contributed by atoms with Gasteiger partial charge in [0.2, 0.25) is 0 Å². The van der Waals surface area contributed by atoms with Crippen LogP contribution in [0.5, 0.6) is 0 Å². The minimum Gasteiger partial charge on any atom is -0.353 e. The van der Waals surface area contributed by atoms with Crippen LogP contribution in [0.3, 0.4) is 0 Å². The molecule has 0 radical (unpaired) electrons. The van der Waals surface area contributed by atoms with Gasteiger partial charge < -0.3 is 10.6 Å². The Kier molecular flexibility index (Phi) is 9.45. The van der Waals surface area contributed by atoms with Crippen molar-refractivity contribution in [3.8, 4) is 11.3 Å². The first kappa shape index (κ1) is 29.2. The third kappa shape index (κ3) is 6.20. The van der Waals surface area contributed by atoms with Crippen molar-refractivity contribution in [2.75, 3.05) is 16.9 Å². The van der Waals surface area contributed by atoms with E-state index in [2.05, 4.69) is 89.5 Å². The normalized spacial score (nSPS) is 11.2. The average molecular weight is 674 g/mol. The molecule has 0 fully saturated rings. The predicted molar refractivity (Wildman–Crippen MR) is 175 cm³/mol. The molecule has 1 atom stereocenters. The Morgan fingerprint density at radius 1 is 0.897 bits per heavy atom. The molecule has 0 aliphatic heterocycles. The van der Waals surface area contributed by atoms with Crippen LogP contribution < -0.4 is 10.6 Å². The van der Waals surface area contributed by atoms with E-state index in [9.17, 15) is 0 Å². The number of imidazole rings is 1. The van der Waals surface area contributed by atoms with Crippen LogP contribution in [0.1, 0.15) is 36.8 Å². The highest BCUT2D eigenvalue weighted by Gasteiger charge is 2.17. The number of nitrogens with one attached hydrogen (secondary N) is 2. The van der Waals surface area contributed by atoms with Crippen LogP contribution in [-0.2, 0) is 7.05 Å². The molecule has 0 aliphatic rings. The summed E-state index contributed by atoms with van der Waals surface area (Å²) in [6.07, 6.45) is 4.29. The molecule has 0 saturated heterocycles. The summed E-state index contributed by atoms with van der Waals surface area (Å²) in [6, 6.07) is 10.5. The molecule has 39 heavy (non-hydrogen) atoms. The Balaban J connectivity index is 0.00000172. The lowest BCUT2D eigenvalue weighted by molar-refractivity contribution is 0.743. The van der Waals surface area contributed by atoms with Crippen LogP contribution >= 0.6 is 40.2 Å². The number of rotatable bonds is 7. The minimum absolute atomic E-state index is 0.478. The smallest absolute Gasteiger partial charge is 0.168 e. The first-order valence-corrected chi connectivity index (χ1v) is 17.9. The molecule has 12 heteroatoms. The highest BCUT2D eigenvalue weighted by atomic mass is 127. The number of benzene rings is 1. The van der Waals surface area contributed by atoms with Crippen molar-refractivity contribution in [3.05, 3.63) is 59.4 Å². The second-order valence-electron chi connectivity index (χ2n) is 8.69. The van der Waals surface area contributed by atoms with Crippen molar-refractivity contribution in [2.45, 2.75) is 46.4 Å². The zero-order valence-corrected chi connectivity index (χ0v) is 27.4. The van der Waals surface area contributed by atoms with Crippen molar-refractivity contribution >= 4 is 74.4 Å². The van der Waals surface area contributed by atoms with E-state index in [1.54, 1.807) is 18.0 Å². The van der Waals surface area contributed by atoms with E-state index in [0.717, 1.165) is 61.6 Å². The fourth-order valence-electron chi connectivity index (χ4n) is 3.95.